The van der Waals surface area contributed by atoms with E-state index in [1.165, 1.54) is 21.6 Å². The first-order valence-corrected chi connectivity index (χ1v) is 9.69. The summed E-state index contributed by atoms with van der Waals surface area (Å²) >= 11 is 0. The first kappa shape index (κ1) is 18.4. The van der Waals surface area contributed by atoms with E-state index in [0.29, 0.717) is 24.3 Å². The molecule has 0 saturated carbocycles. The number of carbonyl (C=O) groups excluding carboxylic acids is 2. The van der Waals surface area contributed by atoms with Gasteiger partial charge in [-0.25, -0.2) is 9.59 Å². The van der Waals surface area contributed by atoms with Gasteiger partial charge in [-0.1, -0.05) is 45.9 Å². The zero-order chi connectivity index (χ0) is 17.4. The number of hydrogen-bond donors (Lipinski definition) is 0. The van der Waals surface area contributed by atoms with Crippen LogP contribution in [0.25, 0.3) is 0 Å². The molecule has 0 heterocycles. The topological polar surface area (TPSA) is 52.6 Å². The van der Waals surface area contributed by atoms with Gasteiger partial charge in [0.2, 0.25) is 0 Å². The van der Waals surface area contributed by atoms with Crippen LogP contribution < -0.4 is 0 Å². The average molecular weight is 362 g/mol. The van der Waals surface area contributed by atoms with Crippen molar-refractivity contribution in [2.45, 2.75) is 23.6 Å². The molecule has 0 aliphatic rings. The zero-order valence-electron chi connectivity index (χ0n) is 13.5. The van der Waals surface area contributed by atoms with Gasteiger partial charge in [-0.3, -0.25) is 0 Å². The van der Waals surface area contributed by atoms with Crippen LogP contribution in [0.5, 0.6) is 0 Å². The van der Waals surface area contributed by atoms with E-state index < -0.39 is 0 Å². The molecule has 0 aliphatic heterocycles. The van der Waals surface area contributed by atoms with Gasteiger partial charge in [0, 0.05) is 9.79 Å². The lowest BCUT2D eigenvalue weighted by Crippen LogP contribution is -2.06. The largest absolute Gasteiger partial charge is 0.462 e. The highest BCUT2D eigenvalue weighted by Crippen LogP contribution is 2.40. The minimum atomic E-state index is -0.347. The van der Waals surface area contributed by atoms with Crippen molar-refractivity contribution in [1.29, 1.82) is 0 Å². The summed E-state index contributed by atoms with van der Waals surface area (Å²) in [5.74, 6) is -0.695. The van der Waals surface area contributed by atoms with Gasteiger partial charge in [0.15, 0.2) is 0 Å². The number of hydrogen-bond acceptors (Lipinski definition) is 6. The van der Waals surface area contributed by atoms with Gasteiger partial charge in [-0.2, -0.15) is 0 Å². The van der Waals surface area contributed by atoms with Crippen LogP contribution in [0, 0.1) is 0 Å². The fourth-order valence-electron chi connectivity index (χ4n) is 1.92. The molecule has 0 saturated heterocycles. The molecule has 0 bridgehead atoms. The Morgan fingerprint density at radius 1 is 0.750 bits per heavy atom. The number of carbonyl (C=O) groups is 2. The van der Waals surface area contributed by atoms with Crippen LogP contribution in [0.1, 0.15) is 34.6 Å². The second kappa shape index (κ2) is 9.39. The highest BCUT2D eigenvalue weighted by Gasteiger charge is 2.16. The zero-order valence-corrected chi connectivity index (χ0v) is 15.1. The Labute approximate surface area is 149 Å². The number of rotatable bonds is 7. The Kier molecular flexibility index (Phi) is 7.21. The predicted molar refractivity (Wildman–Crippen MR) is 96.5 cm³/mol. The molecule has 0 spiro atoms. The van der Waals surface area contributed by atoms with Crippen molar-refractivity contribution in [3.8, 4) is 0 Å². The van der Waals surface area contributed by atoms with E-state index in [2.05, 4.69) is 0 Å². The second-order valence-corrected chi connectivity index (χ2v) is 6.81. The maximum Gasteiger partial charge on any atom is 0.339 e. The Bertz CT molecular complexity index is 654. The standard InChI is InChI=1S/C18H18O4S2/c1-3-21-17(19)13-9-5-7-11-15(13)23-24-16-12-8-6-10-14(16)18(20)22-4-2/h5-12H,3-4H2,1-2H3. The van der Waals surface area contributed by atoms with Crippen LogP contribution in [0.15, 0.2) is 58.3 Å². The molecule has 2 rings (SSSR count). The lowest BCUT2D eigenvalue weighted by Gasteiger charge is -2.10. The fourth-order valence-corrected chi connectivity index (χ4v) is 4.26. The fraction of sp³-hybridized carbons (Fsp3) is 0.222. The third-order valence-electron chi connectivity index (χ3n) is 2.99. The van der Waals surface area contributed by atoms with Crippen molar-refractivity contribution < 1.29 is 19.1 Å². The molecule has 4 nitrogen and oxygen atoms in total. The highest BCUT2D eigenvalue weighted by atomic mass is 33.1. The molecular weight excluding hydrogens is 344 g/mol. The molecule has 0 atom stereocenters. The van der Waals surface area contributed by atoms with E-state index in [1.54, 1.807) is 38.1 Å². The van der Waals surface area contributed by atoms with Crippen LogP contribution in [-0.2, 0) is 9.47 Å². The maximum atomic E-state index is 12.0. The molecule has 2 aromatic carbocycles. The molecule has 2 aromatic rings. The normalized spacial score (nSPS) is 10.2. The molecule has 0 amide bonds. The quantitative estimate of drug-likeness (QED) is 0.519. The summed E-state index contributed by atoms with van der Waals surface area (Å²) in [4.78, 5) is 25.6. The summed E-state index contributed by atoms with van der Waals surface area (Å²) in [7, 11) is 2.82. The van der Waals surface area contributed by atoms with Crippen molar-refractivity contribution >= 4 is 33.5 Å². The Balaban J connectivity index is 2.18. The van der Waals surface area contributed by atoms with Crippen molar-refractivity contribution in [2.75, 3.05) is 13.2 Å². The molecule has 6 heteroatoms. The monoisotopic (exact) mass is 362 g/mol. The molecule has 0 unspecified atom stereocenters. The second-order valence-electron chi connectivity index (χ2n) is 4.60. The Hall–Kier alpha value is -1.92. The predicted octanol–water partition coefficient (Wildman–Crippen LogP) is 4.84. The molecule has 0 N–H and O–H groups in total. The number of esters is 2. The summed E-state index contributed by atoms with van der Waals surface area (Å²) in [5, 5.41) is 0. The third-order valence-corrected chi connectivity index (χ3v) is 5.47. The molecule has 0 radical (unpaired) electrons. The summed E-state index contributed by atoms with van der Waals surface area (Å²) in [6.07, 6.45) is 0. The first-order valence-electron chi connectivity index (χ1n) is 7.54. The van der Waals surface area contributed by atoms with Crippen molar-refractivity contribution in [3.05, 3.63) is 59.7 Å². The van der Waals surface area contributed by atoms with Gasteiger partial charge in [-0.05, 0) is 38.1 Å². The van der Waals surface area contributed by atoms with Gasteiger partial charge >= 0.3 is 11.9 Å². The van der Waals surface area contributed by atoms with Crippen LogP contribution in [0.3, 0.4) is 0 Å². The molecule has 0 aromatic heterocycles. The molecule has 0 aliphatic carbocycles. The molecule has 24 heavy (non-hydrogen) atoms. The molecule has 126 valence electrons. The van der Waals surface area contributed by atoms with E-state index in [-0.39, 0.29) is 11.9 Å². The molecular formula is C18H18O4S2. The van der Waals surface area contributed by atoms with E-state index in [1.807, 2.05) is 24.3 Å². The third kappa shape index (κ3) is 4.79. The summed E-state index contributed by atoms with van der Waals surface area (Å²) < 4.78 is 10.2. The SMILES string of the molecule is CCOC(=O)c1ccccc1SSc1ccccc1C(=O)OCC. The van der Waals surface area contributed by atoms with Gasteiger partial charge < -0.3 is 9.47 Å². The van der Waals surface area contributed by atoms with Crippen molar-refractivity contribution in [2.24, 2.45) is 0 Å². The lowest BCUT2D eigenvalue weighted by molar-refractivity contribution is 0.0512. The van der Waals surface area contributed by atoms with E-state index in [4.69, 9.17) is 9.47 Å². The maximum absolute atomic E-state index is 12.0. The van der Waals surface area contributed by atoms with Crippen LogP contribution in [0.4, 0.5) is 0 Å². The Morgan fingerprint density at radius 2 is 1.12 bits per heavy atom. The number of benzene rings is 2. The van der Waals surface area contributed by atoms with E-state index in [0.717, 1.165) is 9.79 Å². The minimum absolute atomic E-state index is 0.330. The smallest absolute Gasteiger partial charge is 0.339 e. The van der Waals surface area contributed by atoms with Gasteiger partial charge in [0.05, 0.1) is 24.3 Å². The average Bonchev–Trinajstić information content (AvgIpc) is 2.61. The lowest BCUT2D eigenvalue weighted by atomic mass is 10.2. The summed E-state index contributed by atoms with van der Waals surface area (Å²) in [5.41, 5.74) is 1.04. The first-order chi connectivity index (χ1) is 11.7. The van der Waals surface area contributed by atoms with E-state index >= 15 is 0 Å². The van der Waals surface area contributed by atoms with Crippen LogP contribution >= 0.6 is 21.6 Å². The van der Waals surface area contributed by atoms with E-state index in [9.17, 15) is 9.59 Å². The van der Waals surface area contributed by atoms with Gasteiger partial charge in [0.25, 0.3) is 0 Å². The van der Waals surface area contributed by atoms with Crippen molar-refractivity contribution in [3.63, 3.8) is 0 Å². The Morgan fingerprint density at radius 3 is 1.50 bits per heavy atom. The highest BCUT2D eigenvalue weighted by molar-refractivity contribution is 8.76. The van der Waals surface area contributed by atoms with Crippen molar-refractivity contribution in [1.82, 2.24) is 0 Å². The van der Waals surface area contributed by atoms with Crippen LogP contribution in [0.2, 0.25) is 0 Å². The van der Waals surface area contributed by atoms with Gasteiger partial charge in [-0.15, -0.1) is 0 Å². The van der Waals surface area contributed by atoms with Gasteiger partial charge in [0.1, 0.15) is 0 Å². The minimum Gasteiger partial charge on any atom is -0.462 e. The molecule has 0 fully saturated rings. The summed E-state index contributed by atoms with van der Waals surface area (Å²) in [6.45, 7) is 4.21. The summed E-state index contributed by atoms with van der Waals surface area (Å²) in [6, 6.07) is 14.5. The van der Waals surface area contributed by atoms with Crippen LogP contribution in [-0.4, -0.2) is 25.2 Å². The number of ether oxygens (including phenoxy) is 2.